The lowest BCUT2D eigenvalue weighted by Gasteiger charge is -2.28. The Kier molecular flexibility index (Phi) is 3.47. The van der Waals surface area contributed by atoms with Gasteiger partial charge in [0.25, 0.3) is 0 Å². The lowest BCUT2D eigenvalue weighted by atomic mass is 10.2. The minimum atomic E-state index is -0.374. The third-order valence-electron chi connectivity index (χ3n) is 2.42. The van der Waals surface area contributed by atoms with Crippen molar-refractivity contribution in [1.29, 1.82) is 0 Å². The number of aliphatic hydroxyl groups excluding tert-OH is 1. The first-order valence-electron chi connectivity index (χ1n) is 4.86. The van der Waals surface area contributed by atoms with Gasteiger partial charge in [-0.3, -0.25) is 9.88 Å². The van der Waals surface area contributed by atoms with Crippen molar-refractivity contribution in [2.24, 2.45) is 0 Å². The summed E-state index contributed by atoms with van der Waals surface area (Å²) in [6.07, 6.45) is 1.37. The Morgan fingerprint density at radius 3 is 3.00 bits per heavy atom. The van der Waals surface area contributed by atoms with Crippen molar-refractivity contribution in [3.63, 3.8) is 0 Å². The van der Waals surface area contributed by atoms with Crippen LogP contribution in [0.25, 0.3) is 0 Å². The number of nitrogens with zero attached hydrogens (tertiary/aromatic N) is 2. The molecule has 4 nitrogen and oxygen atoms in total. The van der Waals surface area contributed by atoms with Gasteiger partial charge < -0.3 is 10.4 Å². The van der Waals surface area contributed by atoms with E-state index < -0.39 is 0 Å². The molecule has 1 atom stereocenters. The van der Waals surface area contributed by atoms with Crippen LogP contribution in [0.1, 0.15) is 11.0 Å². The van der Waals surface area contributed by atoms with Gasteiger partial charge >= 0.3 is 0 Å². The van der Waals surface area contributed by atoms with Gasteiger partial charge in [-0.15, -0.1) is 11.3 Å². The highest BCUT2D eigenvalue weighted by Gasteiger charge is 2.16. The summed E-state index contributed by atoms with van der Waals surface area (Å²) in [5.74, 6) is 0. The standard InChI is InChI=1S/C9H15N3OS/c13-8(9-5-11-7-14-9)6-12-3-1-10-2-4-12/h5,7-8,10,13H,1-4,6H2. The fourth-order valence-electron chi connectivity index (χ4n) is 1.62. The monoisotopic (exact) mass is 213 g/mol. The number of piperazine rings is 1. The van der Waals surface area contributed by atoms with E-state index in [0.717, 1.165) is 37.6 Å². The molecule has 1 aliphatic rings. The fraction of sp³-hybridized carbons (Fsp3) is 0.667. The Morgan fingerprint density at radius 2 is 2.36 bits per heavy atom. The van der Waals surface area contributed by atoms with Crippen molar-refractivity contribution >= 4 is 11.3 Å². The first kappa shape index (κ1) is 10.0. The molecule has 0 aromatic carbocycles. The number of aliphatic hydroxyl groups is 1. The van der Waals surface area contributed by atoms with Crippen LogP contribution in [-0.2, 0) is 0 Å². The zero-order valence-electron chi connectivity index (χ0n) is 8.02. The second-order valence-corrected chi connectivity index (χ2v) is 4.39. The average Bonchev–Trinajstić information content (AvgIpc) is 2.72. The second-order valence-electron chi connectivity index (χ2n) is 3.47. The molecule has 0 aliphatic carbocycles. The van der Waals surface area contributed by atoms with Gasteiger partial charge in [-0.05, 0) is 0 Å². The van der Waals surface area contributed by atoms with Crippen molar-refractivity contribution in [1.82, 2.24) is 15.2 Å². The molecule has 2 N–H and O–H groups in total. The highest BCUT2D eigenvalue weighted by molar-refractivity contribution is 7.09. The number of hydrogen-bond donors (Lipinski definition) is 2. The van der Waals surface area contributed by atoms with Crippen LogP contribution in [0.2, 0.25) is 0 Å². The van der Waals surface area contributed by atoms with Gasteiger partial charge in [0.1, 0.15) is 6.10 Å². The van der Waals surface area contributed by atoms with Crippen LogP contribution in [0.15, 0.2) is 11.7 Å². The molecule has 0 amide bonds. The molecule has 1 unspecified atom stereocenters. The van der Waals surface area contributed by atoms with E-state index in [1.54, 1.807) is 11.7 Å². The molecule has 0 bridgehead atoms. The highest BCUT2D eigenvalue weighted by Crippen LogP contribution is 2.17. The van der Waals surface area contributed by atoms with Crippen LogP contribution in [0.5, 0.6) is 0 Å². The quantitative estimate of drug-likeness (QED) is 0.746. The molecule has 2 heterocycles. The van der Waals surface area contributed by atoms with Crippen LogP contribution in [0.4, 0.5) is 0 Å². The van der Waals surface area contributed by atoms with E-state index in [1.165, 1.54) is 11.3 Å². The third-order valence-corrected chi connectivity index (χ3v) is 3.30. The first-order chi connectivity index (χ1) is 6.86. The Hall–Kier alpha value is -0.490. The van der Waals surface area contributed by atoms with E-state index in [0.29, 0.717) is 0 Å². The van der Waals surface area contributed by atoms with Crippen molar-refractivity contribution < 1.29 is 5.11 Å². The van der Waals surface area contributed by atoms with E-state index in [-0.39, 0.29) is 6.10 Å². The van der Waals surface area contributed by atoms with Gasteiger partial charge in [0.2, 0.25) is 0 Å². The second kappa shape index (κ2) is 4.84. The van der Waals surface area contributed by atoms with Gasteiger partial charge in [-0.25, -0.2) is 0 Å². The molecule has 2 rings (SSSR count). The summed E-state index contributed by atoms with van der Waals surface area (Å²) in [6, 6.07) is 0. The Labute approximate surface area is 87.6 Å². The Balaban J connectivity index is 1.84. The molecule has 1 aliphatic heterocycles. The SMILES string of the molecule is OC(CN1CCNCC1)c1cncs1. The van der Waals surface area contributed by atoms with Crippen LogP contribution in [-0.4, -0.2) is 47.7 Å². The number of hydrogen-bond acceptors (Lipinski definition) is 5. The lowest BCUT2D eigenvalue weighted by molar-refractivity contribution is 0.108. The average molecular weight is 213 g/mol. The Bertz CT molecular complexity index is 259. The third kappa shape index (κ3) is 2.51. The van der Waals surface area contributed by atoms with E-state index >= 15 is 0 Å². The van der Waals surface area contributed by atoms with E-state index in [1.807, 2.05) is 0 Å². The maximum Gasteiger partial charge on any atom is 0.102 e. The normalized spacial score (nSPS) is 20.9. The molecular weight excluding hydrogens is 198 g/mol. The number of rotatable bonds is 3. The first-order valence-corrected chi connectivity index (χ1v) is 5.74. The van der Waals surface area contributed by atoms with Crippen LogP contribution < -0.4 is 5.32 Å². The van der Waals surface area contributed by atoms with Gasteiger partial charge in [0.15, 0.2) is 0 Å². The predicted molar refractivity (Wildman–Crippen MR) is 56.4 cm³/mol. The van der Waals surface area contributed by atoms with Gasteiger partial charge in [0.05, 0.1) is 10.4 Å². The summed E-state index contributed by atoms with van der Waals surface area (Å²) in [4.78, 5) is 7.20. The fourth-order valence-corrected chi connectivity index (χ4v) is 2.22. The minimum Gasteiger partial charge on any atom is -0.386 e. The maximum absolute atomic E-state index is 9.87. The summed E-state index contributed by atoms with van der Waals surface area (Å²) in [6.45, 7) is 4.82. The maximum atomic E-state index is 9.87. The van der Waals surface area contributed by atoms with E-state index in [4.69, 9.17) is 0 Å². The summed E-state index contributed by atoms with van der Waals surface area (Å²) < 4.78 is 0. The van der Waals surface area contributed by atoms with E-state index in [2.05, 4.69) is 15.2 Å². The summed E-state index contributed by atoms with van der Waals surface area (Å²) in [5, 5.41) is 13.2. The molecule has 5 heteroatoms. The van der Waals surface area contributed by atoms with Gasteiger partial charge in [0, 0.05) is 38.9 Å². The zero-order valence-corrected chi connectivity index (χ0v) is 8.83. The molecule has 0 saturated carbocycles. The number of nitrogens with one attached hydrogen (secondary N) is 1. The minimum absolute atomic E-state index is 0.374. The highest BCUT2D eigenvalue weighted by atomic mass is 32.1. The topological polar surface area (TPSA) is 48.4 Å². The largest absolute Gasteiger partial charge is 0.386 e. The molecule has 0 radical (unpaired) electrons. The zero-order chi connectivity index (χ0) is 9.80. The predicted octanol–water partition coefficient (Wildman–Crippen LogP) is 0.0817. The number of β-amino-alcohol motifs (C(OH)–C–C–N with tert-alkyl or cyclic N) is 1. The smallest absolute Gasteiger partial charge is 0.102 e. The van der Waals surface area contributed by atoms with Crippen LogP contribution in [0.3, 0.4) is 0 Å². The lowest BCUT2D eigenvalue weighted by Crippen LogP contribution is -2.44. The van der Waals surface area contributed by atoms with Gasteiger partial charge in [-0.2, -0.15) is 0 Å². The van der Waals surface area contributed by atoms with Crippen molar-refractivity contribution in [2.45, 2.75) is 6.10 Å². The summed E-state index contributed by atoms with van der Waals surface area (Å²) >= 11 is 1.52. The van der Waals surface area contributed by atoms with Gasteiger partial charge in [-0.1, -0.05) is 0 Å². The van der Waals surface area contributed by atoms with Crippen LogP contribution in [0, 0.1) is 0 Å². The van der Waals surface area contributed by atoms with Crippen molar-refractivity contribution in [3.05, 3.63) is 16.6 Å². The van der Waals surface area contributed by atoms with Crippen molar-refractivity contribution in [2.75, 3.05) is 32.7 Å². The molecule has 14 heavy (non-hydrogen) atoms. The van der Waals surface area contributed by atoms with Crippen LogP contribution >= 0.6 is 11.3 Å². The molecule has 1 saturated heterocycles. The molecule has 78 valence electrons. The molecular formula is C9H15N3OS. The van der Waals surface area contributed by atoms with E-state index in [9.17, 15) is 5.11 Å². The van der Waals surface area contributed by atoms with Crippen molar-refractivity contribution in [3.8, 4) is 0 Å². The molecule has 1 fully saturated rings. The summed E-state index contributed by atoms with van der Waals surface area (Å²) in [5.41, 5.74) is 1.76. The molecule has 1 aromatic rings. The number of aromatic nitrogens is 1. The number of thiazole rings is 1. The summed E-state index contributed by atoms with van der Waals surface area (Å²) in [7, 11) is 0. The Morgan fingerprint density at radius 1 is 1.57 bits per heavy atom. The molecule has 1 aromatic heterocycles. The molecule has 0 spiro atoms.